The van der Waals surface area contributed by atoms with Gasteiger partial charge in [-0.25, -0.2) is 0 Å². The van der Waals surface area contributed by atoms with Crippen LogP contribution in [0.4, 0.5) is 0 Å². The van der Waals surface area contributed by atoms with Gasteiger partial charge >= 0.3 is 5.97 Å². The van der Waals surface area contributed by atoms with Gasteiger partial charge < -0.3 is 4.74 Å². The van der Waals surface area contributed by atoms with Crippen molar-refractivity contribution in [2.24, 2.45) is 0 Å². The second-order valence-corrected chi connectivity index (χ2v) is 10.9. The molecule has 0 N–H and O–H groups in total. The molecule has 0 spiro atoms. The molecule has 0 radical (unpaired) electrons. The molecule has 0 aromatic rings. The van der Waals surface area contributed by atoms with Crippen LogP contribution in [0.25, 0.3) is 0 Å². The van der Waals surface area contributed by atoms with Gasteiger partial charge in [0.1, 0.15) is 0 Å². The van der Waals surface area contributed by atoms with E-state index in [1.54, 1.807) is 0 Å². The Kier molecular flexibility index (Phi) is 29.2. The first-order chi connectivity index (χ1) is 17.2. The summed E-state index contributed by atoms with van der Waals surface area (Å²) < 4.78 is 5.60. The fourth-order valence-electron chi connectivity index (χ4n) is 4.86. The van der Waals surface area contributed by atoms with E-state index in [4.69, 9.17) is 4.74 Å². The normalized spacial score (nSPS) is 11.4. The van der Waals surface area contributed by atoms with E-state index in [-0.39, 0.29) is 5.97 Å². The number of esters is 1. The van der Waals surface area contributed by atoms with Gasteiger partial charge in [0.2, 0.25) is 0 Å². The van der Waals surface area contributed by atoms with Gasteiger partial charge in [-0.3, -0.25) is 9.69 Å². The summed E-state index contributed by atoms with van der Waals surface area (Å²) in [5.74, 6) is -0.00734. The number of ether oxygens (including phenoxy) is 1. The van der Waals surface area contributed by atoms with E-state index in [0.717, 1.165) is 19.5 Å². The van der Waals surface area contributed by atoms with Crippen molar-refractivity contribution in [1.29, 1.82) is 0 Å². The van der Waals surface area contributed by atoms with Crippen molar-refractivity contribution in [2.75, 3.05) is 26.2 Å². The number of unbranched alkanes of at least 4 members (excludes halogenated alkanes) is 21. The third kappa shape index (κ3) is 27.9. The number of carbonyl (C=O) groups excluding carboxylic acids is 1. The minimum atomic E-state index is -0.00734. The van der Waals surface area contributed by atoms with E-state index in [9.17, 15) is 4.79 Å². The molecule has 0 atom stereocenters. The summed E-state index contributed by atoms with van der Waals surface area (Å²) in [5.41, 5.74) is 0. The molecule has 0 saturated carbocycles. The molecule has 0 heterocycles. The minimum absolute atomic E-state index is 0.00734. The van der Waals surface area contributed by atoms with Crippen LogP contribution in [0.5, 0.6) is 0 Å². The molecule has 35 heavy (non-hydrogen) atoms. The quantitative estimate of drug-likeness (QED) is 0.0763. The fraction of sp³-hybridized carbons (Fsp3) is 0.969. The zero-order valence-corrected chi connectivity index (χ0v) is 24.6. The molecular weight excluding hydrogens is 430 g/mol. The zero-order chi connectivity index (χ0) is 25.7. The number of carbonyl (C=O) groups is 1. The van der Waals surface area contributed by atoms with Crippen molar-refractivity contribution in [2.45, 2.75) is 175 Å². The SMILES string of the molecule is CCCCCCCCCCOC(=O)CN(CCCCCCCCCC)CCCCCCCCCC. The average molecular weight is 496 g/mol. The van der Waals surface area contributed by atoms with Crippen LogP contribution in [-0.4, -0.2) is 37.1 Å². The van der Waals surface area contributed by atoms with E-state index in [2.05, 4.69) is 25.7 Å². The van der Waals surface area contributed by atoms with Crippen LogP contribution in [0.3, 0.4) is 0 Å². The fourth-order valence-corrected chi connectivity index (χ4v) is 4.86. The smallest absolute Gasteiger partial charge is 0.320 e. The predicted molar refractivity (Wildman–Crippen MR) is 155 cm³/mol. The lowest BCUT2D eigenvalue weighted by Gasteiger charge is -2.21. The molecule has 3 heteroatoms. The number of hydrogen-bond donors (Lipinski definition) is 0. The average Bonchev–Trinajstić information content (AvgIpc) is 2.86. The molecule has 0 aliphatic rings. The third-order valence-corrected chi connectivity index (χ3v) is 7.27. The van der Waals surface area contributed by atoms with E-state index in [0.29, 0.717) is 13.2 Å². The van der Waals surface area contributed by atoms with Crippen molar-refractivity contribution >= 4 is 5.97 Å². The van der Waals surface area contributed by atoms with Crippen molar-refractivity contribution in [3.05, 3.63) is 0 Å². The maximum absolute atomic E-state index is 12.5. The summed E-state index contributed by atoms with van der Waals surface area (Å²) in [5, 5.41) is 0. The number of nitrogens with zero attached hydrogens (tertiary/aromatic N) is 1. The number of rotatable bonds is 29. The lowest BCUT2D eigenvalue weighted by atomic mass is 10.1. The molecule has 0 saturated heterocycles. The molecule has 0 aromatic carbocycles. The summed E-state index contributed by atoms with van der Waals surface area (Å²) in [7, 11) is 0. The van der Waals surface area contributed by atoms with Gasteiger partial charge in [-0.15, -0.1) is 0 Å². The minimum Gasteiger partial charge on any atom is -0.465 e. The van der Waals surface area contributed by atoms with Crippen LogP contribution < -0.4 is 0 Å². The molecule has 0 aromatic heterocycles. The molecule has 0 unspecified atom stereocenters. The molecule has 0 bridgehead atoms. The Labute approximate surface area is 221 Å². The maximum atomic E-state index is 12.5. The lowest BCUT2D eigenvalue weighted by molar-refractivity contribution is -0.145. The van der Waals surface area contributed by atoms with Gasteiger partial charge in [-0.05, 0) is 32.4 Å². The maximum Gasteiger partial charge on any atom is 0.320 e. The van der Waals surface area contributed by atoms with Gasteiger partial charge in [0, 0.05) is 0 Å². The molecule has 210 valence electrons. The predicted octanol–water partition coefficient (Wildman–Crippen LogP) is 10.3. The highest BCUT2D eigenvalue weighted by atomic mass is 16.5. The Balaban J connectivity index is 4.01. The summed E-state index contributed by atoms with van der Waals surface area (Å²) in [6, 6.07) is 0. The van der Waals surface area contributed by atoms with Crippen LogP contribution in [0, 0.1) is 0 Å². The first kappa shape index (κ1) is 34.4. The topological polar surface area (TPSA) is 29.5 Å². The van der Waals surface area contributed by atoms with Crippen molar-refractivity contribution in [1.82, 2.24) is 4.90 Å². The standard InChI is InChI=1S/C32H65NO2/c1-4-7-10-13-16-19-22-25-28-33(29-26-23-20-17-14-11-8-5-2)31-32(34)35-30-27-24-21-18-15-12-9-6-3/h4-31H2,1-3H3. The second kappa shape index (κ2) is 29.7. The molecule has 0 aliphatic heterocycles. The highest BCUT2D eigenvalue weighted by Gasteiger charge is 2.11. The second-order valence-electron chi connectivity index (χ2n) is 10.9. The summed E-state index contributed by atoms with van der Waals surface area (Å²) in [6.07, 6.45) is 31.7. The Morgan fingerprint density at radius 3 is 1.14 bits per heavy atom. The van der Waals surface area contributed by atoms with E-state index in [1.807, 2.05) is 0 Å². The Morgan fingerprint density at radius 1 is 0.457 bits per heavy atom. The highest BCUT2D eigenvalue weighted by molar-refractivity contribution is 5.71. The summed E-state index contributed by atoms with van der Waals surface area (Å²) >= 11 is 0. The van der Waals surface area contributed by atoms with Crippen LogP contribution >= 0.6 is 0 Å². The first-order valence-electron chi connectivity index (χ1n) is 16.1. The van der Waals surface area contributed by atoms with Gasteiger partial charge in [-0.2, -0.15) is 0 Å². The van der Waals surface area contributed by atoms with E-state index >= 15 is 0 Å². The summed E-state index contributed by atoms with van der Waals surface area (Å²) in [6.45, 7) is 10.0. The van der Waals surface area contributed by atoms with Gasteiger partial charge in [0.15, 0.2) is 0 Å². The molecule has 0 aliphatic carbocycles. The van der Waals surface area contributed by atoms with Gasteiger partial charge in [-0.1, -0.05) is 156 Å². The van der Waals surface area contributed by atoms with Crippen LogP contribution in [0.1, 0.15) is 175 Å². The molecule has 0 rings (SSSR count). The van der Waals surface area contributed by atoms with Crippen LogP contribution in [-0.2, 0) is 9.53 Å². The Bertz CT molecular complexity index is 392. The zero-order valence-electron chi connectivity index (χ0n) is 24.6. The molecular formula is C32H65NO2. The lowest BCUT2D eigenvalue weighted by Crippen LogP contribution is -2.33. The van der Waals surface area contributed by atoms with Gasteiger partial charge in [0.05, 0.1) is 13.2 Å². The molecule has 0 amide bonds. The van der Waals surface area contributed by atoms with Crippen LogP contribution in [0.2, 0.25) is 0 Å². The first-order valence-corrected chi connectivity index (χ1v) is 16.1. The van der Waals surface area contributed by atoms with Crippen molar-refractivity contribution in [3.8, 4) is 0 Å². The van der Waals surface area contributed by atoms with E-state index in [1.165, 1.54) is 148 Å². The third-order valence-electron chi connectivity index (χ3n) is 7.27. The highest BCUT2D eigenvalue weighted by Crippen LogP contribution is 2.12. The largest absolute Gasteiger partial charge is 0.465 e. The Hall–Kier alpha value is -0.570. The van der Waals surface area contributed by atoms with Crippen molar-refractivity contribution in [3.63, 3.8) is 0 Å². The van der Waals surface area contributed by atoms with Crippen molar-refractivity contribution < 1.29 is 9.53 Å². The van der Waals surface area contributed by atoms with Crippen LogP contribution in [0.15, 0.2) is 0 Å². The Morgan fingerprint density at radius 2 is 0.771 bits per heavy atom. The monoisotopic (exact) mass is 496 g/mol. The van der Waals surface area contributed by atoms with E-state index < -0.39 is 0 Å². The number of hydrogen-bond acceptors (Lipinski definition) is 3. The van der Waals surface area contributed by atoms with Gasteiger partial charge in [0.25, 0.3) is 0 Å². The molecule has 0 fully saturated rings. The summed E-state index contributed by atoms with van der Waals surface area (Å²) in [4.78, 5) is 14.8. The molecule has 3 nitrogen and oxygen atoms in total.